The van der Waals surface area contributed by atoms with E-state index in [1.165, 1.54) is 76.2 Å². The third kappa shape index (κ3) is 5.09. The van der Waals surface area contributed by atoms with Crippen LogP contribution in [0.25, 0.3) is 57.6 Å². The highest BCUT2D eigenvalue weighted by atomic mass is 32.1. The lowest BCUT2D eigenvalue weighted by molar-refractivity contribution is -0.132. The molecule has 8 aromatic rings. The zero-order valence-corrected chi connectivity index (χ0v) is 33.0. The zero-order valence-electron chi connectivity index (χ0n) is 30.6. The maximum absolute atomic E-state index is 11.4. The number of fused-ring (bicyclic) bond motifs is 9. The summed E-state index contributed by atoms with van der Waals surface area (Å²) in [5.74, 6) is -1.21. The van der Waals surface area contributed by atoms with Crippen LogP contribution in [0, 0.1) is 11.3 Å². The van der Waals surface area contributed by atoms with E-state index in [0.717, 1.165) is 36.9 Å². The average molecular weight is 767 g/mol. The van der Waals surface area contributed by atoms with Gasteiger partial charge in [0.05, 0.1) is 9.40 Å². The monoisotopic (exact) mass is 766 g/mol. The lowest BCUT2D eigenvalue weighted by Gasteiger charge is -2.30. The van der Waals surface area contributed by atoms with Crippen LogP contribution in [0.15, 0.2) is 127 Å². The molecule has 0 aliphatic heterocycles. The molecule has 3 aromatic heterocycles. The van der Waals surface area contributed by atoms with E-state index >= 15 is 0 Å². The molecule has 4 nitrogen and oxygen atoms in total. The Morgan fingerprint density at radius 3 is 1.69 bits per heavy atom. The van der Waals surface area contributed by atoms with Crippen LogP contribution in [0.3, 0.4) is 0 Å². The zero-order chi connectivity index (χ0) is 37.8. The fourth-order valence-electron chi connectivity index (χ4n) is 8.74. The molecule has 266 valence electrons. The average Bonchev–Trinajstić information content (AvgIpc) is 3.96. The van der Waals surface area contributed by atoms with Gasteiger partial charge in [-0.1, -0.05) is 100 Å². The van der Waals surface area contributed by atoms with Crippen LogP contribution in [0.4, 0.5) is 17.1 Å². The summed E-state index contributed by atoms with van der Waals surface area (Å²) in [6.07, 6.45) is 1.46. The van der Waals surface area contributed by atoms with Gasteiger partial charge in [-0.25, -0.2) is 4.79 Å². The minimum Gasteiger partial charge on any atom is -0.477 e. The molecule has 2 aliphatic rings. The highest BCUT2D eigenvalue weighted by molar-refractivity contribution is 7.39. The summed E-state index contributed by atoms with van der Waals surface area (Å²) >= 11 is 5.00. The van der Waals surface area contributed by atoms with Crippen molar-refractivity contribution in [3.05, 3.63) is 154 Å². The standard InChI is InChI=1S/C48H34N2O2S3/c1-47(2)37-11-7-5-9-33(37)35-19-17-30(22-39(35)47)50(31-18-20-36-34-10-6-8-12-38(34)48(3,4)40(36)23-31)29-15-13-27(14-16-29)41-25-43-45(55-41)44-42(54-43)24-32(53-44)21-28(26-49)46(51)52/h5-25H,1-4H3,(H,51,52)/b28-21-. The molecule has 0 radical (unpaired) electrons. The second-order valence-electron chi connectivity index (χ2n) is 15.4. The van der Waals surface area contributed by atoms with Crippen LogP contribution < -0.4 is 4.90 Å². The lowest BCUT2D eigenvalue weighted by atomic mass is 9.82. The number of benzene rings is 5. The maximum Gasteiger partial charge on any atom is 0.346 e. The largest absolute Gasteiger partial charge is 0.477 e. The number of carbonyl (C=O) groups is 1. The van der Waals surface area contributed by atoms with E-state index in [-0.39, 0.29) is 16.4 Å². The molecule has 55 heavy (non-hydrogen) atoms. The fraction of sp³-hybridized carbons (Fsp3) is 0.125. The van der Waals surface area contributed by atoms with Gasteiger partial charge in [0.15, 0.2) is 0 Å². The smallest absolute Gasteiger partial charge is 0.346 e. The molecule has 0 fully saturated rings. The minimum atomic E-state index is -1.21. The Bertz CT molecular complexity index is 2880. The van der Waals surface area contributed by atoms with Gasteiger partial charge >= 0.3 is 5.97 Å². The van der Waals surface area contributed by atoms with E-state index in [2.05, 4.69) is 148 Å². The minimum absolute atomic E-state index is 0.121. The quantitative estimate of drug-likeness (QED) is 0.135. The number of hydrogen-bond donors (Lipinski definition) is 1. The van der Waals surface area contributed by atoms with Gasteiger partial charge in [-0.15, -0.1) is 34.0 Å². The molecular weight excluding hydrogens is 733 g/mol. The summed E-state index contributed by atoms with van der Waals surface area (Å²) in [5, 5.41) is 18.6. The third-order valence-corrected chi connectivity index (χ3v) is 15.3. The molecule has 7 heteroatoms. The summed E-state index contributed by atoms with van der Waals surface area (Å²) < 4.78 is 4.66. The predicted octanol–water partition coefficient (Wildman–Crippen LogP) is 13.9. The second-order valence-corrected chi connectivity index (χ2v) is 18.6. The van der Waals surface area contributed by atoms with Crippen LogP contribution in [0.5, 0.6) is 0 Å². The molecule has 0 atom stereocenters. The SMILES string of the molecule is CC1(C)c2ccccc2-c2ccc(N(c3ccc(-c4cc5sc6cc(/C=C(/C#N)C(=O)O)sc6c5s4)cc3)c3ccc4c(c3)C(C)(C)c3ccccc3-4)cc21. The summed E-state index contributed by atoms with van der Waals surface area (Å²) in [7, 11) is 0. The van der Waals surface area contributed by atoms with Crippen LogP contribution in [0.1, 0.15) is 54.8 Å². The molecule has 0 saturated carbocycles. The van der Waals surface area contributed by atoms with Gasteiger partial charge < -0.3 is 10.0 Å². The molecule has 0 amide bonds. The van der Waals surface area contributed by atoms with Crippen molar-refractivity contribution in [2.45, 2.75) is 38.5 Å². The van der Waals surface area contributed by atoms with Crippen molar-refractivity contribution in [1.29, 1.82) is 5.26 Å². The first-order chi connectivity index (χ1) is 26.5. The normalized spacial score (nSPS) is 14.7. The first kappa shape index (κ1) is 33.8. The van der Waals surface area contributed by atoms with E-state index < -0.39 is 5.97 Å². The van der Waals surface area contributed by atoms with Crippen LogP contribution in [-0.4, -0.2) is 11.1 Å². The van der Waals surface area contributed by atoms with Crippen LogP contribution in [-0.2, 0) is 15.6 Å². The highest BCUT2D eigenvalue weighted by Gasteiger charge is 2.37. The summed E-state index contributed by atoms with van der Waals surface area (Å²) in [4.78, 5) is 15.8. The van der Waals surface area contributed by atoms with Gasteiger partial charge in [0, 0.05) is 47.0 Å². The van der Waals surface area contributed by atoms with Crippen molar-refractivity contribution in [2.24, 2.45) is 0 Å². The van der Waals surface area contributed by atoms with E-state index in [9.17, 15) is 15.2 Å². The number of nitriles is 1. The van der Waals surface area contributed by atoms with Gasteiger partial charge in [0.2, 0.25) is 0 Å². The topological polar surface area (TPSA) is 64.3 Å². The Hall–Kier alpha value is -5.78. The number of aliphatic carboxylic acids is 1. The van der Waals surface area contributed by atoms with Crippen molar-refractivity contribution in [3.63, 3.8) is 0 Å². The fourth-order valence-corrected chi connectivity index (χ4v) is 12.7. The molecular formula is C48H34N2O2S3. The Morgan fingerprint density at radius 2 is 1.13 bits per heavy atom. The van der Waals surface area contributed by atoms with Crippen LogP contribution >= 0.6 is 34.0 Å². The second kappa shape index (κ2) is 12.1. The Labute approximate surface area is 331 Å². The third-order valence-electron chi connectivity index (χ3n) is 11.5. The molecule has 0 unspecified atom stereocenters. The number of carboxylic acids is 1. The lowest BCUT2D eigenvalue weighted by Crippen LogP contribution is -2.18. The molecule has 0 saturated heterocycles. The molecule has 3 heterocycles. The summed E-state index contributed by atoms with van der Waals surface area (Å²) in [5.41, 5.74) is 14.7. The Kier molecular flexibility index (Phi) is 7.44. The van der Waals surface area contributed by atoms with Gasteiger partial charge in [-0.05, 0) is 105 Å². The van der Waals surface area contributed by atoms with Crippen molar-refractivity contribution < 1.29 is 9.90 Å². The first-order valence-corrected chi connectivity index (χ1v) is 20.7. The van der Waals surface area contributed by atoms with Crippen LogP contribution in [0.2, 0.25) is 0 Å². The van der Waals surface area contributed by atoms with Gasteiger partial charge in [0.25, 0.3) is 0 Å². The molecule has 0 spiro atoms. The van der Waals surface area contributed by atoms with E-state index in [4.69, 9.17) is 0 Å². The van der Waals surface area contributed by atoms with Gasteiger partial charge in [0.1, 0.15) is 11.6 Å². The number of rotatable bonds is 6. The maximum atomic E-state index is 11.4. The summed E-state index contributed by atoms with van der Waals surface area (Å²) in [6.45, 7) is 9.34. The molecule has 0 bridgehead atoms. The van der Waals surface area contributed by atoms with Gasteiger partial charge in [-0.3, -0.25) is 0 Å². The number of carboxylic acid groups (broad SMARTS) is 1. The number of hydrogen-bond acceptors (Lipinski definition) is 6. The summed E-state index contributed by atoms with van der Waals surface area (Å²) in [6, 6.07) is 46.5. The van der Waals surface area contributed by atoms with Crippen molar-refractivity contribution in [2.75, 3.05) is 4.90 Å². The molecule has 2 aliphatic carbocycles. The number of nitrogens with zero attached hydrogens (tertiary/aromatic N) is 2. The Balaban J connectivity index is 1.07. The van der Waals surface area contributed by atoms with Crippen molar-refractivity contribution in [3.8, 4) is 38.8 Å². The van der Waals surface area contributed by atoms with Crippen molar-refractivity contribution in [1.82, 2.24) is 0 Å². The molecule has 10 rings (SSSR count). The molecule has 1 N–H and O–H groups in total. The highest BCUT2D eigenvalue weighted by Crippen LogP contribution is 2.53. The predicted molar refractivity (Wildman–Crippen MR) is 232 cm³/mol. The first-order valence-electron chi connectivity index (χ1n) is 18.2. The molecule has 5 aromatic carbocycles. The van der Waals surface area contributed by atoms with Crippen molar-refractivity contribution >= 4 is 81.9 Å². The number of anilines is 3. The van der Waals surface area contributed by atoms with E-state index in [1.54, 1.807) is 28.7 Å². The van der Waals surface area contributed by atoms with E-state index in [0.29, 0.717) is 0 Å². The van der Waals surface area contributed by atoms with Gasteiger partial charge in [-0.2, -0.15) is 5.26 Å². The van der Waals surface area contributed by atoms with E-state index in [1.807, 2.05) is 6.07 Å². The number of thiophene rings is 3. The Morgan fingerprint density at radius 1 is 0.618 bits per heavy atom.